The summed E-state index contributed by atoms with van der Waals surface area (Å²) in [7, 11) is 0. The maximum Gasteiger partial charge on any atom is 0.417 e. The smallest absolute Gasteiger partial charge is 0.293 e. The van der Waals surface area contributed by atoms with Crippen molar-refractivity contribution >= 4 is 27.4 Å². The minimum absolute atomic E-state index is 0.203. The number of rotatable bonds is 3. The molecule has 0 fully saturated rings. The molecule has 19 heavy (non-hydrogen) atoms. The molecule has 100 valence electrons. The second-order valence-electron chi connectivity index (χ2n) is 3.34. The van der Waals surface area contributed by atoms with Gasteiger partial charge in [0.05, 0.1) is 33.0 Å². The van der Waals surface area contributed by atoms with Crippen LogP contribution in [0.2, 0.25) is 0 Å². The zero-order chi connectivity index (χ0) is 14.8. The van der Waals surface area contributed by atoms with Crippen LogP contribution in [0.15, 0.2) is 12.1 Å². The zero-order valence-electron chi connectivity index (χ0n) is 8.99. The standard InChI is InChI=1S/C10H4BrF3N2O3/c11-3-9(17)6-1-5(4-15)7(10(12,13)14)2-8(6)16(18)19/h1-2H,3H2. The van der Waals surface area contributed by atoms with E-state index in [9.17, 15) is 28.1 Å². The number of Topliss-reactive ketones (excluding diaryl/α,β-unsaturated/α-hetero) is 1. The lowest BCUT2D eigenvalue weighted by molar-refractivity contribution is -0.385. The van der Waals surface area contributed by atoms with Crippen LogP contribution < -0.4 is 0 Å². The molecule has 0 spiro atoms. The highest BCUT2D eigenvalue weighted by atomic mass is 79.9. The van der Waals surface area contributed by atoms with Gasteiger partial charge in [0.25, 0.3) is 5.69 Å². The highest BCUT2D eigenvalue weighted by molar-refractivity contribution is 9.09. The first-order valence-electron chi connectivity index (χ1n) is 4.61. The number of nitrogens with zero attached hydrogens (tertiary/aromatic N) is 2. The summed E-state index contributed by atoms with van der Waals surface area (Å²) in [6, 6.07) is 2.07. The average molecular weight is 337 g/mol. The number of nitro benzene ring substituents is 1. The van der Waals surface area contributed by atoms with Crippen LogP contribution >= 0.6 is 15.9 Å². The van der Waals surface area contributed by atoms with E-state index >= 15 is 0 Å². The van der Waals surface area contributed by atoms with E-state index in [1.807, 2.05) is 0 Å². The quantitative estimate of drug-likeness (QED) is 0.367. The minimum atomic E-state index is -4.91. The van der Waals surface area contributed by atoms with Crippen molar-refractivity contribution in [3.05, 3.63) is 38.9 Å². The van der Waals surface area contributed by atoms with Gasteiger partial charge in [-0.3, -0.25) is 14.9 Å². The molecule has 0 aliphatic heterocycles. The van der Waals surface area contributed by atoms with Crippen LogP contribution in [0.3, 0.4) is 0 Å². The van der Waals surface area contributed by atoms with Crippen LogP contribution in [0.25, 0.3) is 0 Å². The second-order valence-corrected chi connectivity index (χ2v) is 3.90. The van der Waals surface area contributed by atoms with Crippen LogP contribution in [0, 0.1) is 21.4 Å². The predicted octanol–water partition coefficient (Wildman–Crippen LogP) is 3.06. The van der Waals surface area contributed by atoms with E-state index in [0.29, 0.717) is 6.07 Å². The lowest BCUT2D eigenvalue weighted by atomic mass is 10.0. The van der Waals surface area contributed by atoms with Gasteiger partial charge in [-0.05, 0) is 6.07 Å². The van der Waals surface area contributed by atoms with Crippen molar-refractivity contribution < 1.29 is 22.9 Å². The molecule has 1 aromatic rings. The topological polar surface area (TPSA) is 84.0 Å². The Balaban J connectivity index is 3.67. The summed E-state index contributed by atoms with van der Waals surface area (Å²) in [4.78, 5) is 21.0. The minimum Gasteiger partial charge on any atom is -0.293 e. The Bertz CT molecular complexity index is 593. The molecule has 0 aliphatic carbocycles. The van der Waals surface area contributed by atoms with E-state index in [-0.39, 0.29) is 11.4 Å². The zero-order valence-corrected chi connectivity index (χ0v) is 10.6. The van der Waals surface area contributed by atoms with Gasteiger partial charge in [0, 0.05) is 6.07 Å². The van der Waals surface area contributed by atoms with Gasteiger partial charge < -0.3 is 0 Å². The van der Waals surface area contributed by atoms with E-state index in [2.05, 4.69) is 15.9 Å². The van der Waals surface area contributed by atoms with E-state index in [1.54, 1.807) is 0 Å². The average Bonchev–Trinajstić information content (AvgIpc) is 2.34. The number of benzene rings is 1. The van der Waals surface area contributed by atoms with E-state index in [4.69, 9.17) is 5.26 Å². The number of carbonyl (C=O) groups excluding carboxylic acids is 1. The van der Waals surface area contributed by atoms with Crippen molar-refractivity contribution in [2.75, 3.05) is 5.33 Å². The molecule has 0 N–H and O–H groups in total. The Morgan fingerprint density at radius 1 is 1.47 bits per heavy atom. The van der Waals surface area contributed by atoms with Crippen LogP contribution in [0.5, 0.6) is 0 Å². The van der Waals surface area contributed by atoms with E-state index in [0.717, 1.165) is 0 Å². The summed E-state index contributed by atoms with van der Waals surface area (Å²) in [6.07, 6.45) is -4.91. The van der Waals surface area contributed by atoms with Gasteiger partial charge in [-0.15, -0.1) is 0 Å². The SMILES string of the molecule is N#Cc1cc(C(=O)CBr)c([N+](=O)[O-])cc1C(F)(F)F. The third-order valence-electron chi connectivity index (χ3n) is 2.18. The fraction of sp³-hybridized carbons (Fsp3) is 0.200. The van der Waals surface area contributed by atoms with Gasteiger partial charge in [0.2, 0.25) is 0 Å². The van der Waals surface area contributed by atoms with Crippen LogP contribution in [0.4, 0.5) is 18.9 Å². The Labute approximate surface area is 112 Å². The number of ketones is 1. The Morgan fingerprint density at radius 3 is 2.42 bits per heavy atom. The van der Waals surface area contributed by atoms with E-state index < -0.39 is 39.3 Å². The Morgan fingerprint density at radius 2 is 2.05 bits per heavy atom. The molecular formula is C10H4BrF3N2O3. The number of alkyl halides is 4. The molecule has 0 saturated heterocycles. The van der Waals surface area contributed by atoms with Crippen molar-refractivity contribution in [2.24, 2.45) is 0 Å². The maximum absolute atomic E-state index is 12.6. The normalized spacial score (nSPS) is 10.9. The van der Waals surface area contributed by atoms with Crippen LogP contribution in [0.1, 0.15) is 21.5 Å². The van der Waals surface area contributed by atoms with Gasteiger partial charge in [0.15, 0.2) is 5.78 Å². The van der Waals surface area contributed by atoms with E-state index in [1.165, 1.54) is 6.07 Å². The summed E-state index contributed by atoms with van der Waals surface area (Å²) in [5.74, 6) is -0.781. The maximum atomic E-state index is 12.6. The lowest BCUT2D eigenvalue weighted by Crippen LogP contribution is -2.12. The molecule has 0 heterocycles. The summed E-state index contributed by atoms with van der Waals surface area (Å²) in [6.45, 7) is 0. The molecule has 0 unspecified atom stereocenters. The molecule has 0 amide bonds. The Kier molecular flexibility index (Phi) is 4.26. The van der Waals surface area contributed by atoms with Gasteiger partial charge in [-0.25, -0.2) is 0 Å². The second kappa shape index (κ2) is 5.36. The molecule has 9 heteroatoms. The lowest BCUT2D eigenvalue weighted by Gasteiger charge is -2.10. The van der Waals surface area contributed by atoms with Crippen molar-refractivity contribution in [2.45, 2.75) is 6.18 Å². The van der Waals surface area contributed by atoms with Crippen molar-refractivity contribution in [3.8, 4) is 6.07 Å². The predicted molar refractivity (Wildman–Crippen MR) is 60.9 cm³/mol. The number of halogens is 4. The first-order valence-corrected chi connectivity index (χ1v) is 5.73. The molecule has 0 aliphatic rings. The largest absolute Gasteiger partial charge is 0.417 e. The summed E-state index contributed by atoms with van der Waals surface area (Å²) < 4.78 is 37.9. The third-order valence-corrected chi connectivity index (χ3v) is 2.69. The summed E-state index contributed by atoms with van der Waals surface area (Å²) in [5.41, 5.74) is -3.78. The molecule has 1 rings (SSSR count). The molecule has 0 aromatic heterocycles. The van der Waals surface area contributed by atoms with Gasteiger partial charge in [-0.1, -0.05) is 15.9 Å². The molecule has 1 aromatic carbocycles. The number of carbonyl (C=O) groups is 1. The molecule has 5 nitrogen and oxygen atoms in total. The molecule has 0 saturated carbocycles. The molecule has 0 bridgehead atoms. The molecule has 0 atom stereocenters. The highest BCUT2D eigenvalue weighted by Crippen LogP contribution is 2.36. The fourth-order valence-corrected chi connectivity index (χ4v) is 1.66. The number of hydrogen-bond donors (Lipinski definition) is 0. The van der Waals surface area contributed by atoms with Gasteiger partial charge in [0.1, 0.15) is 0 Å². The highest BCUT2D eigenvalue weighted by Gasteiger charge is 2.37. The van der Waals surface area contributed by atoms with Crippen molar-refractivity contribution in [1.82, 2.24) is 0 Å². The molecular weight excluding hydrogens is 333 g/mol. The number of nitriles is 1. The number of nitro groups is 1. The summed E-state index contributed by atoms with van der Waals surface area (Å²) in [5, 5.41) is 19.1. The monoisotopic (exact) mass is 336 g/mol. The van der Waals surface area contributed by atoms with Gasteiger partial charge in [-0.2, -0.15) is 18.4 Å². The van der Waals surface area contributed by atoms with Crippen molar-refractivity contribution in [3.63, 3.8) is 0 Å². The van der Waals surface area contributed by atoms with Crippen molar-refractivity contribution in [1.29, 1.82) is 5.26 Å². The van der Waals surface area contributed by atoms with Crippen LogP contribution in [-0.2, 0) is 6.18 Å². The molecule has 0 radical (unpaired) electrons. The number of hydrogen-bond acceptors (Lipinski definition) is 4. The first kappa shape index (κ1) is 15.1. The fourth-order valence-electron chi connectivity index (χ4n) is 1.36. The first-order chi connectivity index (χ1) is 8.72. The third kappa shape index (κ3) is 3.08. The summed E-state index contributed by atoms with van der Waals surface area (Å²) >= 11 is 2.76. The Hall–Kier alpha value is -1.95. The van der Waals surface area contributed by atoms with Crippen LogP contribution in [-0.4, -0.2) is 16.0 Å². The van der Waals surface area contributed by atoms with Gasteiger partial charge >= 0.3 is 6.18 Å².